The van der Waals surface area contributed by atoms with E-state index >= 15 is 0 Å². The Morgan fingerprint density at radius 2 is 2.05 bits per heavy atom. The van der Waals surface area contributed by atoms with Crippen molar-refractivity contribution in [2.45, 2.75) is 6.42 Å². The highest BCUT2D eigenvalue weighted by Gasteiger charge is 2.23. The molecule has 1 aromatic carbocycles. The molecule has 0 aliphatic heterocycles. The van der Waals surface area contributed by atoms with Gasteiger partial charge in [-0.1, -0.05) is 0 Å². The Balaban J connectivity index is 2.04. The lowest BCUT2D eigenvalue weighted by molar-refractivity contribution is -0.906. The number of rotatable bonds is 6. The predicted octanol–water partition coefficient (Wildman–Crippen LogP) is 1.56. The number of phenolic OH excluding ortho intramolecular Hbond substituents is 1. The van der Waals surface area contributed by atoms with Crippen LogP contribution in [0.5, 0.6) is 5.75 Å². The molecule has 116 valence electrons. The van der Waals surface area contributed by atoms with Gasteiger partial charge in [0.05, 0.1) is 20.6 Å². The Labute approximate surface area is 122 Å². The third-order valence-corrected chi connectivity index (χ3v) is 3.76. The highest BCUT2D eigenvalue weighted by Crippen LogP contribution is 2.36. The van der Waals surface area contributed by atoms with Gasteiger partial charge in [0.1, 0.15) is 5.75 Å². The summed E-state index contributed by atoms with van der Waals surface area (Å²) in [6.45, 7) is 0.570. The Morgan fingerprint density at radius 3 is 2.71 bits per heavy atom. The maximum absolute atomic E-state index is 10.8. The molecule has 0 bridgehead atoms. The van der Waals surface area contributed by atoms with E-state index in [0.717, 1.165) is 16.5 Å². The first-order valence-electron chi connectivity index (χ1n) is 6.47. The molecule has 0 amide bonds. The van der Waals surface area contributed by atoms with E-state index in [1.54, 1.807) is 12.1 Å². The number of phosphoric ester groups is 1. The maximum Gasteiger partial charge on any atom is 0.474 e. The molecule has 0 fully saturated rings. The van der Waals surface area contributed by atoms with Crippen molar-refractivity contribution in [3.63, 3.8) is 0 Å². The number of phenols is 1. The zero-order valence-electron chi connectivity index (χ0n) is 12.0. The molecule has 21 heavy (non-hydrogen) atoms. The first-order chi connectivity index (χ1) is 9.66. The zero-order valence-corrected chi connectivity index (χ0v) is 12.9. The van der Waals surface area contributed by atoms with Gasteiger partial charge in [-0.05, 0) is 23.8 Å². The minimum atomic E-state index is -4.45. The second-order valence-electron chi connectivity index (χ2n) is 5.70. The summed E-state index contributed by atoms with van der Waals surface area (Å²) in [5.41, 5.74) is 1.99. The van der Waals surface area contributed by atoms with Crippen LogP contribution in [0.25, 0.3) is 10.9 Å². The molecule has 0 aliphatic rings. The number of quaternary nitrogens is 1. The molecular weight excluding hydrogens is 295 g/mol. The Kier molecular flexibility index (Phi) is 4.41. The van der Waals surface area contributed by atoms with Crippen molar-refractivity contribution in [3.05, 3.63) is 30.0 Å². The minimum Gasteiger partial charge on any atom is -0.508 e. The van der Waals surface area contributed by atoms with E-state index in [2.05, 4.69) is 9.51 Å². The lowest BCUT2D eigenvalue weighted by Crippen LogP contribution is -2.42. The fourth-order valence-corrected chi connectivity index (χ4v) is 2.56. The number of fused-ring (bicyclic) bond motifs is 1. The van der Waals surface area contributed by atoms with Gasteiger partial charge in [-0.2, -0.15) is 0 Å². The molecule has 4 N–H and O–H groups in total. The lowest BCUT2D eigenvalue weighted by Gasteiger charge is -2.29. The first kappa shape index (κ1) is 16.0. The van der Waals surface area contributed by atoms with Crippen LogP contribution in [0.1, 0.15) is 5.56 Å². The van der Waals surface area contributed by atoms with E-state index in [9.17, 15) is 9.67 Å². The van der Waals surface area contributed by atoms with Gasteiger partial charge in [0.15, 0.2) is 6.73 Å². The van der Waals surface area contributed by atoms with Crippen LogP contribution in [0, 0.1) is 0 Å². The SMILES string of the molecule is C[N+](C)(CCc1c[nH]c2ccc(O)cc12)COP(=O)(O)O. The van der Waals surface area contributed by atoms with E-state index in [0.29, 0.717) is 17.4 Å². The van der Waals surface area contributed by atoms with Crippen molar-refractivity contribution in [3.8, 4) is 5.75 Å². The summed E-state index contributed by atoms with van der Waals surface area (Å²) in [4.78, 5) is 20.6. The van der Waals surface area contributed by atoms with E-state index in [1.807, 2.05) is 26.4 Å². The predicted molar refractivity (Wildman–Crippen MR) is 78.6 cm³/mol. The monoisotopic (exact) mass is 315 g/mol. The Hall–Kier alpha value is -1.37. The second kappa shape index (κ2) is 5.79. The molecule has 2 aromatic rings. The number of aromatic hydroxyl groups is 1. The molecule has 0 atom stereocenters. The smallest absolute Gasteiger partial charge is 0.474 e. The van der Waals surface area contributed by atoms with Gasteiger partial charge in [0.25, 0.3) is 0 Å². The summed E-state index contributed by atoms with van der Waals surface area (Å²) < 4.78 is 15.6. The van der Waals surface area contributed by atoms with Crippen LogP contribution in [0.2, 0.25) is 0 Å². The molecule has 2 rings (SSSR count). The van der Waals surface area contributed by atoms with Crippen LogP contribution >= 0.6 is 7.82 Å². The summed E-state index contributed by atoms with van der Waals surface area (Å²) in [6.07, 6.45) is 2.58. The van der Waals surface area contributed by atoms with Gasteiger partial charge in [0.2, 0.25) is 0 Å². The van der Waals surface area contributed by atoms with Crippen LogP contribution in [-0.2, 0) is 15.5 Å². The largest absolute Gasteiger partial charge is 0.508 e. The van der Waals surface area contributed by atoms with E-state index in [4.69, 9.17) is 9.79 Å². The lowest BCUT2D eigenvalue weighted by atomic mass is 10.1. The average Bonchev–Trinajstić information content (AvgIpc) is 2.76. The van der Waals surface area contributed by atoms with Gasteiger partial charge in [-0.15, -0.1) is 0 Å². The van der Waals surface area contributed by atoms with E-state index in [-0.39, 0.29) is 12.5 Å². The normalized spacial score (nSPS) is 13.0. The standard InChI is InChI=1S/C13H19N2O5P/c1-15(2,9-20-21(17,18)19)6-5-10-8-14-13-4-3-11(16)7-12(10)13/h3-4,7-8,14H,5-6,9H2,1-2H3,(H2-,16,17,18,19)/p+1. The molecule has 8 heteroatoms. The number of nitrogens with one attached hydrogen (secondary N) is 1. The molecular formula is C13H20N2O5P+. The van der Waals surface area contributed by atoms with Crippen LogP contribution in [0.15, 0.2) is 24.4 Å². The van der Waals surface area contributed by atoms with Crippen molar-refractivity contribution in [1.82, 2.24) is 4.98 Å². The van der Waals surface area contributed by atoms with Crippen LogP contribution in [0.4, 0.5) is 0 Å². The van der Waals surface area contributed by atoms with Gasteiger partial charge in [-0.3, -0.25) is 0 Å². The number of aromatic amines is 1. The van der Waals surface area contributed by atoms with Crippen molar-refractivity contribution in [2.24, 2.45) is 0 Å². The van der Waals surface area contributed by atoms with Gasteiger partial charge < -0.3 is 24.4 Å². The maximum atomic E-state index is 10.8. The number of H-pyrrole nitrogens is 1. The van der Waals surface area contributed by atoms with Crippen molar-refractivity contribution >= 4 is 18.7 Å². The highest BCUT2D eigenvalue weighted by molar-refractivity contribution is 7.46. The van der Waals surface area contributed by atoms with E-state index < -0.39 is 7.82 Å². The number of nitrogens with zero attached hydrogens (tertiary/aromatic N) is 1. The number of likely N-dealkylation sites (N-methyl/N-ethyl adjacent to an activating group) is 1. The molecule has 7 nitrogen and oxygen atoms in total. The van der Waals surface area contributed by atoms with Gasteiger partial charge >= 0.3 is 7.82 Å². The molecule has 0 aliphatic carbocycles. The highest BCUT2D eigenvalue weighted by atomic mass is 31.2. The first-order valence-corrected chi connectivity index (χ1v) is 8.00. The molecule has 0 spiro atoms. The third kappa shape index (κ3) is 4.56. The quantitative estimate of drug-likeness (QED) is 0.368. The molecule has 0 radical (unpaired) electrons. The molecule has 1 heterocycles. The van der Waals surface area contributed by atoms with Crippen molar-refractivity contribution < 1.29 is 28.5 Å². The fraction of sp³-hybridized carbons (Fsp3) is 0.385. The Bertz CT molecular complexity index is 676. The number of aromatic nitrogens is 1. The Morgan fingerprint density at radius 1 is 1.33 bits per heavy atom. The number of benzene rings is 1. The topological polar surface area (TPSA) is 103 Å². The van der Waals surface area contributed by atoms with Crippen molar-refractivity contribution in [2.75, 3.05) is 27.4 Å². The summed E-state index contributed by atoms with van der Waals surface area (Å²) >= 11 is 0. The minimum absolute atomic E-state index is 0.0715. The number of hydrogen-bond donors (Lipinski definition) is 4. The van der Waals surface area contributed by atoms with Crippen LogP contribution < -0.4 is 0 Å². The molecule has 1 aromatic heterocycles. The number of hydrogen-bond acceptors (Lipinski definition) is 3. The zero-order chi connectivity index (χ0) is 15.7. The molecule has 0 saturated carbocycles. The van der Waals surface area contributed by atoms with E-state index in [1.165, 1.54) is 0 Å². The average molecular weight is 315 g/mol. The summed E-state index contributed by atoms with van der Waals surface area (Å²) in [5, 5.41) is 10.5. The van der Waals surface area contributed by atoms with Crippen LogP contribution in [0.3, 0.4) is 0 Å². The molecule has 0 saturated heterocycles. The van der Waals surface area contributed by atoms with Crippen LogP contribution in [-0.4, -0.2) is 51.7 Å². The summed E-state index contributed by atoms with van der Waals surface area (Å²) in [7, 11) is -0.776. The van der Waals surface area contributed by atoms with Gasteiger partial charge in [-0.25, -0.2) is 9.09 Å². The third-order valence-electron chi connectivity index (χ3n) is 3.31. The van der Waals surface area contributed by atoms with Gasteiger partial charge in [0, 0.05) is 23.5 Å². The fourth-order valence-electron chi connectivity index (χ4n) is 2.09. The number of phosphoric acid groups is 1. The summed E-state index contributed by atoms with van der Waals surface area (Å²) in [5.74, 6) is 0.210. The van der Waals surface area contributed by atoms with Crippen molar-refractivity contribution in [1.29, 1.82) is 0 Å². The summed E-state index contributed by atoms with van der Waals surface area (Å²) in [6, 6.07) is 5.13. The second-order valence-corrected chi connectivity index (χ2v) is 6.94. The molecule has 0 unspecified atom stereocenters.